The van der Waals surface area contributed by atoms with Gasteiger partial charge < -0.3 is 19.9 Å². The van der Waals surface area contributed by atoms with Gasteiger partial charge in [0.25, 0.3) is 5.91 Å². The first-order chi connectivity index (χ1) is 12.3. The molecular formula is C16H21ClN6O3. The quantitative estimate of drug-likeness (QED) is 0.821. The number of likely N-dealkylation sites (N-methyl/N-ethyl adjacent to an activating group) is 1. The Morgan fingerprint density at radius 2 is 2.04 bits per heavy atom. The van der Waals surface area contributed by atoms with Gasteiger partial charge in [0.2, 0.25) is 0 Å². The first-order valence-corrected chi connectivity index (χ1v) is 8.14. The highest BCUT2D eigenvalue weighted by Gasteiger charge is 2.13. The van der Waals surface area contributed by atoms with E-state index in [2.05, 4.69) is 15.6 Å². The van der Waals surface area contributed by atoms with Gasteiger partial charge in [-0.25, -0.2) is 4.79 Å². The summed E-state index contributed by atoms with van der Waals surface area (Å²) < 4.78 is 6.95. The molecule has 0 atom stereocenters. The van der Waals surface area contributed by atoms with Crippen LogP contribution in [0.3, 0.4) is 0 Å². The number of ether oxygens (including phenoxy) is 1. The van der Waals surface area contributed by atoms with Crippen LogP contribution in [-0.2, 0) is 18.4 Å². The molecule has 0 aliphatic carbocycles. The molecule has 0 bridgehead atoms. The van der Waals surface area contributed by atoms with Crippen molar-refractivity contribution in [3.8, 4) is 5.75 Å². The summed E-state index contributed by atoms with van der Waals surface area (Å²) in [4.78, 5) is 26.7. The van der Waals surface area contributed by atoms with Crippen molar-refractivity contribution in [2.45, 2.75) is 6.54 Å². The Labute approximate surface area is 156 Å². The molecule has 3 amide bonds. The lowest BCUT2D eigenvalue weighted by atomic mass is 10.3. The molecule has 0 aliphatic heterocycles. The lowest BCUT2D eigenvalue weighted by molar-refractivity contribution is -0.130. The number of hydrogen-bond donors (Lipinski definition) is 1. The SMILES string of the molecule is CN(C)C(=O)COc1ccc(NC(=O)N(C)Cc2cn(C)nn2)cc1Cl. The number of halogens is 1. The maximum absolute atomic E-state index is 12.2. The molecule has 140 valence electrons. The number of benzene rings is 1. The number of hydrogen-bond acceptors (Lipinski definition) is 5. The predicted molar refractivity (Wildman–Crippen MR) is 97.1 cm³/mol. The van der Waals surface area contributed by atoms with Gasteiger partial charge in [0.05, 0.1) is 11.6 Å². The van der Waals surface area contributed by atoms with Crippen LogP contribution in [0.2, 0.25) is 5.02 Å². The predicted octanol–water partition coefficient (Wildman–Crippen LogP) is 1.60. The summed E-state index contributed by atoms with van der Waals surface area (Å²) in [6, 6.07) is 4.49. The molecule has 0 saturated carbocycles. The van der Waals surface area contributed by atoms with Crippen molar-refractivity contribution >= 4 is 29.2 Å². The summed E-state index contributed by atoms with van der Waals surface area (Å²) in [5, 5.41) is 10.8. The number of carbonyl (C=O) groups is 2. The van der Waals surface area contributed by atoms with Gasteiger partial charge in [-0.15, -0.1) is 5.10 Å². The Kier molecular flexibility index (Phi) is 6.40. The van der Waals surface area contributed by atoms with Gasteiger partial charge in [0.15, 0.2) is 6.61 Å². The summed E-state index contributed by atoms with van der Waals surface area (Å²) in [6.07, 6.45) is 1.74. The number of amides is 3. The van der Waals surface area contributed by atoms with Gasteiger partial charge >= 0.3 is 6.03 Å². The summed E-state index contributed by atoms with van der Waals surface area (Å²) in [6.45, 7) is 0.209. The number of rotatable bonds is 6. The zero-order chi connectivity index (χ0) is 19.3. The number of aryl methyl sites for hydroxylation is 1. The van der Waals surface area contributed by atoms with E-state index < -0.39 is 0 Å². The van der Waals surface area contributed by atoms with Crippen LogP contribution in [0.4, 0.5) is 10.5 Å². The Bertz CT molecular complexity index is 792. The average Bonchev–Trinajstić information content (AvgIpc) is 2.98. The summed E-state index contributed by atoms with van der Waals surface area (Å²) in [5.41, 5.74) is 1.19. The van der Waals surface area contributed by atoms with Gasteiger partial charge in [-0.3, -0.25) is 9.48 Å². The van der Waals surface area contributed by atoms with E-state index in [-0.39, 0.29) is 18.5 Å². The number of nitrogens with zero attached hydrogens (tertiary/aromatic N) is 5. The second-order valence-electron chi connectivity index (χ2n) is 5.89. The zero-order valence-corrected chi connectivity index (χ0v) is 15.8. The Balaban J connectivity index is 1.93. The topological polar surface area (TPSA) is 92.6 Å². The Hall–Kier alpha value is -2.81. The smallest absolute Gasteiger partial charge is 0.321 e. The van der Waals surface area contributed by atoms with Gasteiger partial charge in [-0.05, 0) is 18.2 Å². The van der Waals surface area contributed by atoms with Crippen LogP contribution in [0.15, 0.2) is 24.4 Å². The molecule has 1 aromatic carbocycles. The molecule has 9 nitrogen and oxygen atoms in total. The second kappa shape index (κ2) is 8.52. The van der Waals surface area contributed by atoms with Crippen LogP contribution in [0.1, 0.15) is 5.69 Å². The van der Waals surface area contributed by atoms with Crippen LogP contribution >= 0.6 is 11.6 Å². The first kappa shape index (κ1) is 19.5. The Morgan fingerprint density at radius 1 is 1.31 bits per heavy atom. The third-order valence-corrected chi connectivity index (χ3v) is 3.72. The first-order valence-electron chi connectivity index (χ1n) is 7.76. The number of aromatic nitrogens is 3. The summed E-state index contributed by atoms with van der Waals surface area (Å²) in [7, 11) is 6.69. The van der Waals surface area contributed by atoms with Crippen molar-refractivity contribution in [3.05, 3.63) is 35.1 Å². The molecule has 1 heterocycles. The molecule has 0 spiro atoms. The van der Waals surface area contributed by atoms with E-state index in [0.717, 1.165) is 0 Å². The highest BCUT2D eigenvalue weighted by Crippen LogP contribution is 2.27. The van der Waals surface area contributed by atoms with Crippen LogP contribution in [0.5, 0.6) is 5.75 Å². The zero-order valence-electron chi connectivity index (χ0n) is 15.1. The van der Waals surface area contributed by atoms with E-state index in [0.29, 0.717) is 28.7 Å². The fourth-order valence-corrected chi connectivity index (χ4v) is 2.20. The lowest BCUT2D eigenvalue weighted by Gasteiger charge is -2.17. The van der Waals surface area contributed by atoms with Crippen molar-refractivity contribution in [2.75, 3.05) is 33.1 Å². The van der Waals surface area contributed by atoms with Crippen molar-refractivity contribution in [1.29, 1.82) is 0 Å². The fraction of sp³-hybridized carbons (Fsp3) is 0.375. The van der Waals surface area contributed by atoms with E-state index in [1.807, 2.05) is 0 Å². The average molecular weight is 381 g/mol. The maximum atomic E-state index is 12.2. The van der Waals surface area contributed by atoms with Crippen LogP contribution in [-0.4, -0.2) is 64.5 Å². The summed E-state index contributed by atoms with van der Waals surface area (Å²) in [5.74, 6) is 0.192. The number of anilines is 1. The van der Waals surface area contributed by atoms with Crippen molar-refractivity contribution in [2.24, 2.45) is 7.05 Å². The maximum Gasteiger partial charge on any atom is 0.321 e. The molecule has 1 N–H and O–H groups in total. The van der Waals surface area contributed by atoms with E-state index in [4.69, 9.17) is 16.3 Å². The monoisotopic (exact) mass is 380 g/mol. The Morgan fingerprint density at radius 3 is 2.62 bits per heavy atom. The van der Waals surface area contributed by atoms with Gasteiger partial charge in [-0.2, -0.15) is 0 Å². The van der Waals surface area contributed by atoms with E-state index in [1.54, 1.807) is 57.3 Å². The van der Waals surface area contributed by atoms with E-state index in [1.165, 1.54) is 9.80 Å². The minimum Gasteiger partial charge on any atom is -0.482 e. The number of urea groups is 1. The van der Waals surface area contributed by atoms with Gasteiger partial charge in [-0.1, -0.05) is 16.8 Å². The highest BCUT2D eigenvalue weighted by atomic mass is 35.5. The van der Waals surface area contributed by atoms with Crippen LogP contribution in [0.25, 0.3) is 0 Å². The normalized spacial score (nSPS) is 10.3. The largest absolute Gasteiger partial charge is 0.482 e. The molecule has 2 aromatic rings. The van der Waals surface area contributed by atoms with Crippen molar-refractivity contribution in [3.63, 3.8) is 0 Å². The number of carbonyl (C=O) groups excluding carboxylic acids is 2. The molecule has 26 heavy (non-hydrogen) atoms. The number of nitrogens with one attached hydrogen (secondary N) is 1. The second-order valence-corrected chi connectivity index (χ2v) is 6.30. The molecule has 0 radical (unpaired) electrons. The highest BCUT2D eigenvalue weighted by molar-refractivity contribution is 6.32. The van der Waals surface area contributed by atoms with E-state index >= 15 is 0 Å². The third-order valence-electron chi connectivity index (χ3n) is 3.43. The van der Waals surface area contributed by atoms with E-state index in [9.17, 15) is 9.59 Å². The van der Waals surface area contributed by atoms with Crippen LogP contribution in [0, 0.1) is 0 Å². The molecule has 2 rings (SSSR count). The molecule has 1 aromatic heterocycles. The third kappa shape index (κ3) is 5.35. The fourth-order valence-electron chi connectivity index (χ4n) is 1.97. The van der Waals surface area contributed by atoms with Crippen LogP contribution < -0.4 is 10.1 Å². The van der Waals surface area contributed by atoms with Gasteiger partial charge in [0.1, 0.15) is 11.4 Å². The molecule has 10 heteroatoms. The van der Waals surface area contributed by atoms with Gasteiger partial charge in [0, 0.05) is 40.1 Å². The minimum absolute atomic E-state index is 0.112. The molecule has 0 fully saturated rings. The van der Waals surface area contributed by atoms with Crippen molar-refractivity contribution in [1.82, 2.24) is 24.8 Å². The van der Waals surface area contributed by atoms with Crippen molar-refractivity contribution < 1.29 is 14.3 Å². The molecule has 0 saturated heterocycles. The molecule has 0 unspecified atom stereocenters. The molecular weight excluding hydrogens is 360 g/mol. The molecule has 0 aliphatic rings. The minimum atomic E-state index is -0.317. The lowest BCUT2D eigenvalue weighted by Crippen LogP contribution is -2.31. The standard InChI is InChI=1S/C16H21ClN6O3/c1-21(2)15(24)10-26-14-6-5-11(7-13(14)17)18-16(25)22(3)8-12-9-23(4)20-19-12/h5-7,9H,8,10H2,1-4H3,(H,18,25). The summed E-state index contributed by atoms with van der Waals surface area (Å²) >= 11 is 6.15.